The van der Waals surface area contributed by atoms with Crippen molar-refractivity contribution in [3.63, 3.8) is 0 Å². The van der Waals surface area contributed by atoms with Crippen LogP contribution < -0.4 is 10.1 Å². The molecule has 30 heavy (non-hydrogen) atoms. The normalized spacial score (nSPS) is 16.9. The highest BCUT2D eigenvalue weighted by atomic mass is 32.1. The highest BCUT2D eigenvalue weighted by molar-refractivity contribution is 7.18. The van der Waals surface area contributed by atoms with Crippen LogP contribution in [-0.2, 0) is 6.54 Å². The van der Waals surface area contributed by atoms with Gasteiger partial charge in [0.2, 0.25) is 5.13 Å². The smallest absolute Gasteiger partial charge is 0.257 e. The maximum Gasteiger partial charge on any atom is 0.257 e. The predicted octanol–water partition coefficient (Wildman–Crippen LogP) is 4.70. The average molecular weight is 423 g/mol. The number of anilines is 1. The Labute approximate surface area is 180 Å². The van der Waals surface area contributed by atoms with Crippen LogP contribution in [0.2, 0.25) is 0 Å². The van der Waals surface area contributed by atoms with E-state index in [1.165, 1.54) is 29.7 Å². The molecule has 0 radical (unpaired) electrons. The molecule has 0 unspecified atom stereocenters. The number of nitrogens with zero attached hydrogens (tertiary/aromatic N) is 3. The summed E-state index contributed by atoms with van der Waals surface area (Å²) < 4.78 is 5.18. The van der Waals surface area contributed by atoms with Crippen LogP contribution in [0.4, 0.5) is 5.13 Å². The summed E-state index contributed by atoms with van der Waals surface area (Å²) >= 11 is 1.35. The molecule has 1 aliphatic rings. The maximum absolute atomic E-state index is 12.6. The first-order valence-electron chi connectivity index (χ1n) is 10.2. The third kappa shape index (κ3) is 5.04. The van der Waals surface area contributed by atoms with E-state index in [9.17, 15) is 4.79 Å². The van der Waals surface area contributed by atoms with Crippen molar-refractivity contribution in [1.29, 1.82) is 0 Å². The van der Waals surface area contributed by atoms with Crippen LogP contribution in [0.3, 0.4) is 0 Å². The number of hydrogen-bond donors (Lipinski definition) is 1. The van der Waals surface area contributed by atoms with Crippen molar-refractivity contribution >= 4 is 22.4 Å². The molecular weight excluding hydrogens is 396 g/mol. The lowest BCUT2D eigenvalue weighted by atomic mass is 9.99. The van der Waals surface area contributed by atoms with Gasteiger partial charge in [0.25, 0.3) is 5.91 Å². The second-order valence-corrected chi connectivity index (χ2v) is 8.75. The third-order valence-electron chi connectivity index (χ3n) is 5.35. The Morgan fingerprint density at radius 1 is 1.17 bits per heavy atom. The Bertz CT molecular complexity index is 985. The number of rotatable bonds is 6. The van der Waals surface area contributed by atoms with Crippen LogP contribution in [0, 0.1) is 5.92 Å². The molecule has 7 heteroatoms. The number of ether oxygens (including phenoxy) is 1. The highest BCUT2D eigenvalue weighted by Gasteiger charge is 2.17. The molecule has 0 aliphatic carbocycles. The maximum atomic E-state index is 12.6. The minimum Gasteiger partial charge on any atom is -0.497 e. The lowest BCUT2D eigenvalue weighted by molar-refractivity contribution is 0.102. The van der Waals surface area contributed by atoms with Gasteiger partial charge in [-0.2, -0.15) is 0 Å². The summed E-state index contributed by atoms with van der Waals surface area (Å²) in [4.78, 5) is 15.1. The second-order valence-electron chi connectivity index (χ2n) is 7.77. The summed E-state index contributed by atoms with van der Waals surface area (Å²) in [6, 6.07) is 15.4. The molecule has 1 atom stereocenters. The fraction of sp³-hybridized carbons (Fsp3) is 0.348. The standard InChI is InChI=1S/C23H26N4O2S/c1-16-4-3-13-27(14-16)15-17-5-7-18(8-6-17)21(28)24-23-26-25-22(30-23)19-9-11-20(29-2)12-10-19/h5-12,16H,3-4,13-15H2,1-2H3,(H,24,26,28)/t16-/m0/s1. The van der Waals surface area contributed by atoms with E-state index < -0.39 is 0 Å². The minimum absolute atomic E-state index is 0.175. The fourth-order valence-corrected chi connectivity index (χ4v) is 4.49. The predicted molar refractivity (Wildman–Crippen MR) is 120 cm³/mol. The molecule has 2 aromatic carbocycles. The summed E-state index contributed by atoms with van der Waals surface area (Å²) in [5, 5.41) is 12.4. The van der Waals surface area contributed by atoms with Gasteiger partial charge in [-0.3, -0.25) is 15.0 Å². The van der Waals surface area contributed by atoms with Crippen molar-refractivity contribution in [2.45, 2.75) is 26.3 Å². The summed E-state index contributed by atoms with van der Waals surface area (Å²) in [6.45, 7) is 5.55. The van der Waals surface area contributed by atoms with Crippen molar-refractivity contribution in [2.24, 2.45) is 5.92 Å². The molecule has 6 nitrogen and oxygen atoms in total. The third-order valence-corrected chi connectivity index (χ3v) is 6.23. The van der Waals surface area contributed by atoms with E-state index >= 15 is 0 Å². The van der Waals surface area contributed by atoms with E-state index in [2.05, 4.69) is 27.3 Å². The number of carbonyl (C=O) groups excluding carboxylic acids is 1. The molecule has 1 N–H and O–H groups in total. The SMILES string of the molecule is COc1ccc(-c2nnc(NC(=O)c3ccc(CN4CCC[C@H](C)C4)cc3)s2)cc1. The Kier molecular flexibility index (Phi) is 6.40. The van der Waals surface area contributed by atoms with Crippen LogP contribution in [0.15, 0.2) is 48.5 Å². The summed E-state index contributed by atoms with van der Waals surface area (Å²) in [5.74, 6) is 1.37. The first-order valence-corrected chi connectivity index (χ1v) is 11.0. The molecular formula is C23H26N4O2S. The van der Waals surface area contributed by atoms with E-state index in [0.717, 1.165) is 41.9 Å². The first-order chi connectivity index (χ1) is 14.6. The van der Waals surface area contributed by atoms with Gasteiger partial charge in [0.05, 0.1) is 7.11 Å². The largest absolute Gasteiger partial charge is 0.497 e. The van der Waals surface area contributed by atoms with Gasteiger partial charge in [0.1, 0.15) is 10.8 Å². The second kappa shape index (κ2) is 9.36. The van der Waals surface area contributed by atoms with Crippen molar-refractivity contribution < 1.29 is 9.53 Å². The van der Waals surface area contributed by atoms with E-state index in [0.29, 0.717) is 10.7 Å². The fourth-order valence-electron chi connectivity index (χ4n) is 3.74. The summed E-state index contributed by atoms with van der Waals surface area (Å²) in [5.41, 5.74) is 2.79. The van der Waals surface area contributed by atoms with Crippen molar-refractivity contribution in [3.05, 3.63) is 59.7 Å². The van der Waals surface area contributed by atoms with E-state index in [4.69, 9.17) is 4.74 Å². The van der Waals surface area contributed by atoms with E-state index in [1.54, 1.807) is 7.11 Å². The Morgan fingerprint density at radius 3 is 2.63 bits per heavy atom. The molecule has 3 aromatic rings. The number of benzene rings is 2. The average Bonchev–Trinajstić information content (AvgIpc) is 3.23. The van der Waals surface area contributed by atoms with Gasteiger partial charge in [0.15, 0.2) is 0 Å². The number of nitrogens with one attached hydrogen (secondary N) is 1. The number of aromatic nitrogens is 2. The number of carbonyl (C=O) groups is 1. The molecule has 0 bridgehead atoms. The zero-order valence-corrected chi connectivity index (χ0v) is 18.1. The van der Waals surface area contributed by atoms with Crippen LogP contribution in [0.5, 0.6) is 5.75 Å². The number of amides is 1. The lowest BCUT2D eigenvalue weighted by Crippen LogP contribution is -2.33. The Hall–Kier alpha value is -2.77. The number of piperidine rings is 1. The van der Waals surface area contributed by atoms with Crippen LogP contribution >= 0.6 is 11.3 Å². The molecule has 0 saturated carbocycles. The minimum atomic E-state index is -0.175. The molecule has 1 saturated heterocycles. The van der Waals surface area contributed by atoms with Crippen LogP contribution in [0.1, 0.15) is 35.7 Å². The molecule has 2 heterocycles. The summed E-state index contributed by atoms with van der Waals surface area (Å²) in [6.07, 6.45) is 2.59. The molecule has 1 aliphatic heterocycles. The molecule has 1 fully saturated rings. The van der Waals surface area contributed by atoms with Crippen molar-refractivity contribution in [2.75, 3.05) is 25.5 Å². The van der Waals surface area contributed by atoms with Crippen LogP contribution in [-0.4, -0.2) is 41.2 Å². The van der Waals surface area contributed by atoms with Gasteiger partial charge in [-0.05, 0) is 67.3 Å². The molecule has 156 valence electrons. The highest BCUT2D eigenvalue weighted by Crippen LogP contribution is 2.28. The lowest BCUT2D eigenvalue weighted by Gasteiger charge is -2.30. The molecule has 4 rings (SSSR count). The van der Waals surface area contributed by atoms with E-state index in [-0.39, 0.29) is 5.91 Å². The number of hydrogen-bond acceptors (Lipinski definition) is 6. The quantitative estimate of drug-likeness (QED) is 0.624. The number of likely N-dealkylation sites (tertiary alicyclic amines) is 1. The van der Waals surface area contributed by atoms with E-state index in [1.807, 2.05) is 48.5 Å². The van der Waals surface area contributed by atoms with Gasteiger partial charge in [-0.25, -0.2) is 0 Å². The zero-order chi connectivity index (χ0) is 20.9. The van der Waals surface area contributed by atoms with Crippen molar-refractivity contribution in [3.8, 4) is 16.3 Å². The Balaban J connectivity index is 1.36. The topological polar surface area (TPSA) is 67.4 Å². The van der Waals surface area contributed by atoms with Gasteiger partial charge in [-0.1, -0.05) is 30.4 Å². The van der Waals surface area contributed by atoms with Crippen LogP contribution in [0.25, 0.3) is 10.6 Å². The zero-order valence-electron chi connectivity index (χ0n) is 17.3. The van der Waals surface area contributed by atoms with Gasteiger partial charge in [0, 0.05) is 24.2 Å². The monoisotopic (exact) mass is 422 g/mol. The van der Waals surface area contributed by atoms with Gasteiger partial charge in [-0.15, -0.1) is 10.2 Å². The molecule has 1 amide bonds. The van der Waals surface area contributed by atoms with Crippen molar-refractivity contribution in [1.82, 2.24) is 15.1 Å². The molecule has 0 spiro atoms. The molecule has 1 aromatic heterocycles. The van der Waals surface area contributed by atoms with Gasteiger partial charge >= 0.3 is 0 Å². The number of methoxy groups -OCH3 is 1. The summed E-state index contributed by atoms with van der Waals surface area (Å²) in [7, 11) is 1.63. The Morgan fingerprint density at radius 2 is 1.93 bits per heavy atom. The first kappa shape index (κ1) is 20.5. The van der Waals surface area contributed by atoms with Gasteiger partial charge < -0.3 is 4.74 Å².